The van der Waals surface area contributed by atoms with Crippen LogP contribution in [0.25, 0.3) is 0 Å². The van der Waals surface area contributed by atoms with Crippen LogP contribution in [0.2, 0.25) is 5.02 Å². The molecule has 128 valence electrons. The lowest BCUT2D eigenvalue weighted by Gasteiger charge is -2.33. The van der Waals surface area contributed by atoms with Crippen LogP contribution in [0.5, 0.6) is 0 Å². The van der Waals surface area contributed by atoms with Gasteiger partial charge in [0.2, 0.25) is 15.9 Å². The number of carbonyl (C=O) groups excluding carboxylic acids is 1. The molecule has 0 aliphatic carbocycles. The SMILES string of the molecule is CC(=O)N1CCN(S(=O)(=O)c2ccc(Cl)c(C(F)(F)F)c2)CC1. The minimum atomic E-state index is -4.74. The Balaban J connectivity index is 2.29. The van der Waals surface area contributed by atoms with Gasteiger partial charge in [-0.2, -0.15) is 17.5 Å². The molecule has 1 aromatic rings. The minimum absolute atomic E-state index is 0.0336. The van der Waals surface area contributed by atoms with Crippen molar-refractivity contribution in [3.05, 3.63) is 28.8 Å². The van der Waals surface area contributed by atoms with Gasteiger partial charge >= 0.3 is 6.18 Å². The molecule has 1 aliphatic heterocycles. The van der Waals surface area contributed by atoms with E-state index in [0.717, 1.165) is 16.4 Å². The van der Waals surface area contributed by atoms with Gasteiger partial charge in [-0.3, -0.25) is 4.79 Å². The molecule has 0 N–H and O–H groups in total. The van der Waals surface area contributed by atoms with E-state index in [9.17, 15) is 26.4 Å². The van der Waals surface area contributed by atoms with Crippen molar-refractivity contribution in [1.29, 1.82) is 0 Å². The van der Waals surface area contributed by atoms with E-state index >= 15 is 0 Å². The number of piperazine rings is 1. The van der Waals surface area contributed by atoms with Crippen LogP contribution in [0.1, 0.15) is 12.5 Å². The standard InChI is InChI=1S/C13H14ClF3N2O3S/c1-9(20)18-4-6-19(7-5-18)23(21,22)10-2-3-12(14)11(8-10)13(15,16)17/h2-3,8H,4-7H2,1H3. The zero-order chi connectivity index (χ0) is 17.4. The summed E-state index contributed by atoms with van der Waals surface area (Å²) in [7, 11) is -4.07. The number of amides is 1. The summed E-state index contributed by atoms with van der Waals surface area (Å²) in [5.74, 6) is -0.173. The number of alkyl halides is 3. The second kappa shape index (κ2) is 6.29. The molecule has 0 bridgehead atoms. The Morgan fingerprint density at radius 1 is 1.17 bits per heavy atom. The number of hydrogen-bond acceptors (Lipinski definition) is 3. The highest BCUT2D eigenvalue weighted by Gasteiger charge is 2.36. The highest BCUT2D eigenvalue weighted by atomic mass is 35.5. The molecule has 5 nitrogen and oxygen atoms in total. The molecule has 0 saturated carbocycles. The van der Waals surface area contributed by atoms with Gasteiger partial charge in [-0.1, -0.05) is 11.6 Å². The highest BCUT2D eigenvalue weighted by molar-refractivity contribution is 7.89. The van der Waals surface area contributed by atoms with E-state index in [1.165, 1.54) is 11.8 Å². The average Bonchev–Trinajstić information content (AvgIpc) is 2.46. The first-order valence-corrected chi connectivity index (χ1v) is 8.47. The van der Waals surface area contributed by atoms with Crippen LogP contribution < -0.4 is 0 Å². The highest BCUT2D eigenvalue weighted by Crippen LogP contribution is 2.36. The molecule has 23 heavy (non-hydrogen) atoms. The van der Waals surface area contributed by atoms with Crippen LogP contribution in [0, 0.1) is 0 Å². The van der Waals surface area contributed by atoms with Crippen molar-refractivity contribution in [3.63, 3.8) is 0 Å². The Bertz CT molecular complexity index is 714. The zero-order valence-electron chi connectivity index (χ0n) is 12.1. The van der Waals surface area contributed by atoms with E-state index in [-0.39, 0.29) is 32.1 Å². The summed E-state index contributed by atoms with van der Waals surface area (Å²) in [4.78, 5) is 12.2. The summed E-state index contributed by atoms with van der Waals surface area (Å²) in [6.07, 6.45) is -4.74. The number of hydrogen-bond donors (Lipinski definition) is 0. The van der Waals surface area contributed by atoms with Gasteiger partial charge in [-0.25, -0.2) is 8.42 Å². The Labute approximate surface area is 136 Å². The molecule has 1 heterocycles. The number of benzene rings is 1. The lowest BCUT2D eigenvalue weighted by atomic mass is 10.2. The molecular weight excluding hydrogens is 357 g/mol. The summed E-state index contributed by atoms with van der Waals surface area (Å²) < 4.78 is 64.6. The molecule has 1 aliphatic rings. The van der Waals surface area contributed by atoms with Crippen molar-refractivity contribution in [2.24, 2.45) is 0 Å². The van der Waals surface area contributed by atoms with Crippen LogP contribution in [-0.2, 0) is 21.0 Å². The van der Waals surface area contributed by atoms with Gasteiger partial charge in [0.05, 0.1) is 15.5 Å². The summed E-state index contributed by atoms with van der Waals surface area (Å²) in [6.45, 7) is 1.85. The normalized spacial score (nSPS) is 17.3. The molecule has 0 aromatic heterocycles. The fourth-order valence-corrected chi connectivity index (χ4v) is 3.95. The quantitative estimate of drug-likeness (QED) is 0.802. The number of nitrogens with zero attached hydrogens (tertiary/aromatic N) is 2. The Morgan fingerprint density at radius 2 is 1.74 bits per heavy atom. The second-order valence-corrected chi connectivity index (χ2v) is 7.39. The van der Waals surface area contributed by atoms with Gasteiger partial charge in [0, 0.05) is 33.1 Å². The third kappa shape index (κ3) is 3.78. The van der Waals surface area contributed by atoms with Crippen LogP contribution in [0.4, 0.5) is 13.2 Å². The summed E-state index contributed by atoms with van der Waals surface area (Å²) in [5, 5.41) is -0.558. The average molecular weight is 371 g/mol. The van der Waals surface area contributed by atoms with Gasteiger partial charge in [0.1, 0.15) is 0 Å². The molecule has 1 saturated heterocycles. The molecule has 0 atom stereocenters. The predicted octanol–water partition coefficient (Wildman–Crippen LogP) is 2.21. The van der Waals surface area contributed by atoms with Crippen LogP contribution in [0.3, 0.4) is 0 Å². The molecule has 10 heteroatoms. The molecule has 0 spiro atoms. The molecule has 1 aromatic carbocycles. The largest absolute Gasteiger partial charge is 0.417 e. The molecule has 1 amide bonds. The minimum Gasteiger partial charge on any atom is -0.340 e. The van der Waals surface area contributed by atoms with Crippen molar-refractivity contribution < 1.29 is 26.4 Å². The van der Waals surface area contributed by atoms with Crippen LogP contribution in [0.15, 0.2) is 23.1 Å². The third-order valence-corrected chi connectivity index (χ3v) is 5.79. The first-order valence-electron chi connectivity index (χ1n) is 6.66. The fraction of sp³-hybridized carbons (Fsp3) is 0.462. The first-order chi connectivity index (χ1) is 10.5. The van der Waals surface area contributed by atoms with E-state index in [1.54, 1.807) is 0 Å². The molecule has 0 unspecified atom stereocenters. The number of carbonyl (C=O) groups is 1. The fourth-order valence-electron chi connectivity index (χ4n) is 2.27. The van der Waals surface area contributed by atoms with Crippen molar-refractivity contribution in [1.82, 2.24) is 9.21 Å². The van der Waals surface area contributed by atoms with Crippen LogP contribution >= 0.6 is 11.6 Å². The maximum Gasteiger partial charge on any atom is 0.417 e. The lowest BCUT2D eigenvalue weighted by Crippen LogP contribution is -2.49. The Kier molecular flexibility index (Phi) is 4.93. The summed E-state index contributed by atoms with van der Waals surface area (Å²) in [6, 6.07) is 2.50. The van der Waals surface area contributed by atoms with E-state index in [4.69, 9.17) is 11.6 Å². The van der Waals surface area contributed by atoms with Gasteiger partial charge in [-0.05, 0) is 18.2 Å². The van der Waals surface area contributed by atoms with E-state index < -0.39 is 31.7 Å². The van der Waals surface area contributed by atoms with Gasteiger partial charge < -0.3 is 4.90 Å². The predicted molar refractivity (Wildman–Crippen MR) is 77.5 cm³/mol. The Hall–Kier alpha value is -1.32. The monoisotopic (exact) mass is 370 g/mol. The second-order valence-electron chi connectivity index (χ2n) is 5.05. The zero-order valence-corrected chi connectivity index (χ0v) is 13.7. The topological polar surface area (TPSA) is 57.7 Å². The number of halogens is 4. The first kappa shape index (κ1) is 18.0. The molecule has 1 fully saturated rings. The molecule has 0 radical (unpaired) electrons. The smallest absolute Gasteiger partial charge is 0.340 e. The maximum atomic E-state index is 12.9. The van der Waals surface area contributed by atoms with E-state index in [1.807, 2.05) is 0 Å². The Morgan fingerprint density at radius 3 is 2.22 bits per heavy atom. The van der Waals surface area contributed by atoms with Crippen LogP contribution in [-0.4, -0.2) is 49.7 Å². The van der Waals surface area contributed by atoms with Gasteiger partial charge in [-0.15, -0.1) is 0 Å². The van der Waals surface area contributed by atoms with Gasteiger partial charge in [0.25, 0.3) is 0 Å². The van der Waals surface area contributed by atoms with E-state index in [2.05, 4.69) is 0 Å². The van der Waals surface area contributed by atoms with Gasteiger partial charge in [0.15, 0.2) is 0 Å². The molecule has 2 rings (SSSR count). The number of sulfonamides is 1. The summed E-state index contributed by atoms with van der Waals surface area (Å²) >= 11 is 5.50. The summed E-state index contributed by atoms with van der Waals surface area (Å²) in [5.41, 5.74) is -1.19. The maximum absolute atomic E-state index is 12.9. The lowest BCUT2D eigenvalue weighted by molar-refractivity contribution is -0.137. The van der Waals surface area contributed by atoms with Crippen molar-refractivity contribution in [2.45, 2.75) is 18.0 Å². The van der Waals surface area contributed by atoms with Crippen molar-refractivity contribution in [3.8, 4) is 0 Å². The molecular formula is C13H14ClF3N2O3S. The van der Waals surface area contributed by atoms with Crippen molar-refractivity contribution in [2.75, 3.05) is 26.2 Å². The number of rotatable bonds is 2. The third-order valence-electron chi connectivity index (χ3n) is 3.56. The van der Waals surface area contributed by atoms with Crippen molar-refractivity contribution >= 4 is 27.5 Å². The van der Waals surface area contributed by atoms with E-state index in [0.29, 0.717) is 6.07 Å².